The second-order valence-electron chi connectivity index (χ2n) is 7.35. The molecule has 2 aromatic rings. The molecule has 0 spiro atoms. The van der Waals surface area contributed by atoms with Crippen molar-refractivity contribution in [3.8, 4) is 0 Å². The molecule has 4 nitrogen and oxygen atoms in total. The van der Waals surface area contributed by atoms with Crippen LogP contribution in [0.15, 0.2) is 96.7 Å². The Bertz CT molecular complexity index is 1040. The Balaban J connectivity index is 1.56. The Labute approximate surface area is 181 Å². The maximum Gasteiger partial charge on any atom is 0.414 e. The van der Waals surface area contributed by atoms with E-state index in [1.165, 1.54) is 15.4 Å². The molecule has 1 heterocycles. The Morgan fingerprint density at radius 2 is 2.10 bits per heavy atom. The van der Waals surface area contributed by atoms with E-state index in [0.29, 0.717) is 5.70 Å². The van der Waals surface area contributed by atoms with Gasteiger partial charge in [0.15, 0.2) is 5.60 Å². The van der Waals surface area contributed by atoms with Crippen LogP contribution in [0.25, 0.3) is 5.57 Å². The lowest BCUT2D eigenvalue weighted by Gasteiger charge is -2.27. The molecule has 5 heteroatoms. The Hall–Kier alpha value is -3.05. The summed E-state index contributed by atoms with van der Waals surface area (Å²) in [6.45, 7) is 7.44. The average molecular weight is 417 g/mol. The summed E-state index contributed by atoms with van der Waals surface area (Å²) in [7, 11) is 1.67. The van der Waals surface area contributed by atoms with Crippen molar-refractivity contribution in [3.05, 3.63) is 103 Å². The molecule has 2 unspecified atom stereocenters. The molecule has 2 atom stereocenters. The normalized spacial score (nSPS) is 21.6. The highest BCUT2D eigenvalue weighted by Crippen LogP contribution is 2.60. The fraction of sp³-hybridized carbons (Fsp3) is 0.200. The minimum Gasteiger partial charge on any atom is -0.435 e. The van der Waals surface area contributed by atoms with E-state index in [0.717, 1.165) is 23.4 Å². The van der Waals surface area contributed by atoms with Crippen molar-refractivity contribution in [2.45, 2.75) is 16.9 Å². The summed E-state index contributed by atoms with van der Waals surface area (Å²) in [6.07, 6.45) is 9.31. The van der Waals surface area contributed by atoms with Crippen LogP contribution < -0.4 is 0 Å². The van der Waals surface area contributed by atoms with Gasteiger partial charge in [0.05, 0.1) is 5.69 Å². The molecular weight excluding hydrogens is 392 g/mol. The average Bonchev–Trinajstić information content (AvgIpc) is 3.49. The van der Waals surface area contributed by atoms with Gasteiger partial charge in [-0.15, -0.1) is 11.8 Å². The molecule has 1 saturated carbocycles. The summed E-state index contributed by atoms with van der Waals surface area (Å²) in [5.41, 5.74) is 3.12. The molecule has 0 bridgehead atoms. The summed E-state index contributed by atoms with van der Waals surface area (Å²) >= 11 is 1.80. The number of thioether (sulfide) groups is 1. The molecular formula is C25H24N2O2S. The SMILES string of the molecule is C=C/C=C(\C=C)N(C)C(=O)OC12CC1C=C(CSc1ccccc1)c1cccnc12. The lowest BCUT2D eigenvalue weighted by Crippen LogP contribution is -2.32. The van der Waals surface area contributed by atoms with E-state index >= 15 is 0 Å². The first kappa shape index (κ1) is 20.2. The highest BCUT2D eigenvalue weighted by Gasteiger charge is 2.62. The number of likely N-dealkylation sites (N-methyl/N-ethyl adjacent to an activating group) is 1. The van der Waals surface area contributed by atoms with Crippen LogP contribution in [0.5, 0.6) is 0 Å². The lowest BCUT2D eigenvalue weighted by atomic mass is 9.93. The van der Waals surface area contributed by atoms with Gasteiger partial charge in [-0.25, -0.2) is 4.79 Å². The Kier molecular flexibility index (Phi) is 5.64. The quantitative estimate of drug-likeness (QED) is 0.422. The standard InChI is InChI=1S/C25H24N2O2S/c1-4-10-20(5-2)27(3)24(28)29-25-16-19(25)15-18(22-13-9-14-26-23(22)25)17-30-21-11-7-6-8-12-21/h4-15,19H,1-2,16-17H2,3H3/b20-10+. The van der Waals surface area contributed by atoms with E-state index in [2.05, 4.69) is 42.4 Å². The van der Waals surface area contributed by atoms with E-state index in [1.54, 1.807) is 43.2 Å². The first-order valence-corrected chi connectivity index (χ1v) is 10.8. The Morgan fingerprint density at radius 1 is 1.30 bits per heavy atom. The number of rotatable bonds is 7. The van der Waals surface area contributed by atoms with Crippen LogP contribution >= 0.6 is 11.8 Å². The van der Waals surface area contributed by atoms with Crippen molar-refractivity contribution in [1.29, 1.82) is 0 Å². The molecule has 152 valence electrons. The summed E-state index contributed by atoms with van der Waals surface area (Å²) in [5, 5.41) is 0. The highest BCUT2D eigenvalue weighted by molar-refractivity contribution is 7.99. The van der Waals surface area contributed by atoms with Gasteiger partial charge in [0.25, 0.3) is 0 Å². The van der Waals surface area contributed by atoms with Gasteiger partial charge in [-0.3, -0.25) is 9.88 Å². The summed E-state index contributed by atoms with van der Waals surface area (Å²) in [5.74, 6) is 1.01. The fourth-order valence-corrected chi connectivity index (χ4v) is 4.73. The molecule has 4 rings (SSSR count). The summed E-state index contributed by atoms with van der Waals surface area (Å²) in [6, 6.07) is 14.4. The van der Waals surface area contributed by atoms with Crippen LogP contribution in [0, 0.1) is 5.92 Å². The third kappa shape index (κ3) is 3.73. The molecule has 0 radical (unpaired) electrons. The van der Waals surface area contributed by atoms with Crippen molar-refractivity contribution in [3.63, 3.8) is 0 Å². The maximum absolute atomic E-state index is 12.8. The smallest absolute Gasteiger partial charge is 0.414 e. The van der Waals surface area contributed by atoms with Gasteiger partial charge < -0.3 is 4.74 Å². The molecule has 1 aromatic heterocycles. The first-order chi connectivity index (χ1) is 14.6. The third-order valence-electron chi connectivity index (χ3n) is 5.48. The van der Waals surface area contributed by atoms with Crippen LogP contribution in [0.2, 0.25) is 0 Å². The number of hydrogen-bond acceptors (Lipinski definition) is 4. The fourth-order valence-electron chi connectivity index (χ4n) is 3.80. The lowest BCUT2D eigenvalue weighted by molar-refractivity contribution is 0.0525. The van der Waals surface area contributed by atoms with Crippen molar-refractivity contribution >= 4 is 23.4 Å². The Morgan fingerprint density at radius 3 is 2.83 bits per heavy atom. The summed E-state index contributed by atoms with van der Waals surface area (Å²) < 4.78 is 6.03. The first-order valence-electron chi connectivity index (χ1n) is 9.85. The second-order valence-corrected chi connectivity index (χ2v) is 8.40. The van der Waals surface area contributed by atoms with Gasteiger partial charge in [-0.1, -0.05) is 49.6 Å². The molecule has 0 aliphatic heterocycles. The number of benzene rings is 1. The second kappa shape index (κ2) is 8.36. The topological polar surface area (TPSA) is 42.4 Å². The van der Waals surface area contributed by atoms with Crippen LogP contribution in [-0.2, 0) is 10.3 Å². The number of ether oxygens (including phenoxy) is 1. The predicted molar refractivity (Wildman–Crippen MR) is 122 cm³/mol. The zero-order chi connectivity index (χ0) is 21.1. The van der Waals surface area contributed by atoms with E-state index in [9.17, 15) is 4.79 Å². The van der Waals surface area contributed by atoms with Crippen molar-refractivity contribution in [2.24, 2.45) is 5.92 Å². The van der Waals surface area contributed by atoms with E-state index in [-0.39, 0.29) is 5.92 Å². The number of fused-ring (bicyclic) bond motifs is 3. The van der Waals surface area contributed by atoms with Crippen molar-refractivity contribution < 1.29 is 9.53 Å². The van der Waals surface area contributed by atoms with Gasteiger partial charge in [-0.2, -0.15) is 0 Å². The van der Waals surface area contributed by atoms with Gasteiger partial charge in [0.1, 0.15) is 0 Å². The molecule has 2 aliphatic carbocycles. The molecule has 0 N–H and O–H groups in total. The molecule has 0 saturated heterocycles. The number of pyridine rings is 1. The number of nitrogens with zero attached hydrogens (tertiary/aromatic N) is 2. The monoisotopic (exact) mass is 416 g/mol. The largest absolute Gasteiger partial charge is 0.435 e. The van der Waals surface area contributed by atoms with E-state index < -0.39 is 11.7 Å². The van der Waals surface area contributed by atoms with Gasteiger partial charge in [0.2, 0.25) is 0 Å². The van der Waals surface area contributed by atoms with Gasteiger partial charge >= 0.3 is 6.09 Å². The van der Waals surface area contributed by atoms with Crippen LogP contribution in [0.4, 0.5) is 4.79 Å². The minimum atomic E-state index is -0.677. The number of carbonyl (C=O) groups excluding carboxylic acids is 1. The van der Waals surface area contributed by atoms with Crippen LogP contribution in [0.1, 0.15) is 17.7 Å². The minimum absolute atomic E-state index is 0.152. The molecule has 1 aromatic carbocycles. The number of allylic oxidation sites excluding steroid dienone is 3. The number of amides is 1. The number of carbonyl (C=O) groups is 1. The van der Waals surface area contributed by atoms with Crippen LogP contribution in [-0.4, -0.2) is 28.8 Å². The van der Waals surface area contributed by atoms with Crippen LogP contribution in [0.3, 0.4) is 0 Å². The summed E-state index contributed by atoms with van der Waals surface area (Å²) in [4.78, 5) is 20.2. The number of aromatic nitrogens is 1. The zero-order valence-corrected chi connectivity index (χ0v) is 17.8. The van der Waals surface area contributed by atoms with Gasteiger partial charge in [0, 0.05) is 47.5 Å². The van der Waals surface area contributed by atoms with Crippen molar-refractivity contribution in [1.82, 2.24) is 9.88 Å². The number of hydrogen-bond donors (Lipinski definition) is 0. The zero-order valence-electron chi connectivity index (χ0n) is 17.0. The third-order valence-corrected chi connectivity index (χ3v) is 6.55. The molecule has 30 heavy (non-hydrogen) atoms. The van der Waals surface area contributed by atoms with Crippen molar-refractivity contribution in [2.75, 3.05) is 12.8 Å². The molecule has 2 aliphatic rings. The van der Waals surface area contributed by atoms with E-state index in [1.807, 2.05) is 24.3 Å². The molecule has 1 amide bonds. The predicted octanol–water partition coefficient (Wildman–Crippen LogP) is 5.81. The highest BCUT2D eigenvalue weighted by atomic mass is 32.2. The van der Waals surface area contributed by atoms with E-state index in [4.69, 9.17) is 4.74 Å². The van der Waals surface area contributed by atoms with Gasteiger partial charge in [-0.05, 0) is 35.9 Å². The molecule has 1 fully saturated rings. The maximum atomic E-state index is 12.8.